The standard InChI is InChI=1S/C15H20BrN3O2.2ClH/c16-10-1-4-13(18-11-2-3-11)14(7-10)19-15(20)8-12-9-21-6-5-17-12;;/h1,4,7,11-12,17-18H,2-3,5-6,8-9H2,(H,19,20);2*1H. The maximum Gasteiger partial charge on any atom is 0.226 e. The van der Waals surface area contributed by atoms with Gasteiger partial charge in [0.15, 0.2) is 0 Å². The minimum Gasteiger partial charge on any atom is -0.381 e. The van der Waals surface area contributed by atoms with Crippen molar-refractivity contribution in [1.82, 2.24) is 5.32 Å². The minimum atomic E-state index is 0. The number of rotatable bonds is 5. The van der Waals surface area contributed by atoms with E-state index >= 15 is 0 Å². The first-order chi connectivity index (χ1) is 10.2. The summed E-state index contributed by atoms with van der Waals surface area (Å²) in [4.78, 5) is 12.2. The van der Waals surface area contributed by atoms with E-state index in [0.717, 1.165) is 29.0 Å². The van der Waals surface area contributed by atoms with Crippen LogP contribution in [0.25, 0.3) is 0 Å². The highest BCUT2D eigenvalue weighted by molar-refractivity contribution is 9.10. The molecule has 2 aliphatic rings. The highest BCUT2D eigenvalue weighted by Gasteiger charge is 2.23. The Morgan fingerprint density at radius 2 is 2.09 bits per heavy atom. The second-order valence-corrected chi connectivity index (χ2v) is 6.50. The summed E-state index contributed by atoms with van der Waals surface area (Å²) >= 11 is 3.46. The Bertz CT molecular complexity index is 523. The third-order valence-electron chi connectivity index (χ3n) is 3.62. The fourth-order valence-electron chi connectivity index (χ4n) is 2.37. The zero-order chi connectivity index (χ0) is 14.7. The normalized spacial score (nSPS) is 20.0. The zero-order valence-electron chi connectivity index (χ0n) is 12.6. The highest BCUT2D eigenvalue weighted by Crippen LogP contribution is 2.31. The van der Waals surface area contributed by atoms with Gasteiger partial charge in [-0.15, -0.1) is 24.8 Å². The van der Waals surface area contributed by atoms with Crippen LogP contribution < -0.4 is 16.0 Å². The smallest absolute Gasteiger partial charge is 0.226 e. The Labute approximate surface area is 157 Å². The number of ether oxygens (including phenoxy) is 1. The fourth-order valence-corrected chi connectivity index (χ4v) is 2.73. The van der Waals surface area contributed by atoms with Crippen molar-refractivity contribution in [2.75, 3.05) is 30.4 Å². The molecule has 3 N–H and O–H groups in total. The van der Waals surface area contributed by atoms with E-state index in [9.17, 15) is 4.79 Å². The van der Waals surface area contributed by atoms with Crippen molar-refractivity contribution in [2.24, 2.45) is 0 Å². The molecular weight excluding hydrogens is 405 g/mol. The van der Waals surface area contributed by atoms with Gasteiger partial charge in [-0.2, -0.15) is 0 Å². The molecule has 0 spiro atoms. The van der Waals surface area contributed by atoms with Gasteiger partial charge in [-0.3, -0.25) is 4.79 Å². The third kappa shape index (κ3) is 6.47. The molecule has 0 bridgehead atoms. The molecule has 1 atom stereocenters. The van der Waals surface area contributed by atoms with Gasteiger partial charge >= 0.3 is 0 Å². The molecule has 1 saturated carbocycles. The molecule has 0 aromatic heterocycles. The van der Waals surface area contributed by atoms with Crippen LogP contribution >= 0.6 is 40.7 Å². The quantitative estimate of drug-likeness (QED) is 0.676. The van der Waals surface area contributed by atoms with Gasteiger partial charge in [0.2, 0.25) is 5.91 Å². The van der Waals surface area contributed by atoms with Crippen molar-refractivity contribution in [2.45, 2.75) is 31.3 Å². The second kappa shape index (κ2) is 9.69. The topological polar surface area (TPSA) is 62.4 Å². The monoisotopic (exact) mass is 425 g/mol. The Kier molecular flexibility index (Phi) is 8.64. The lowest BCUT2D eigenvalue weighted by Gasteiger charge is -2.23. The summed E-state index contributed by atoms with van der Waals surface area (Å²) < 4.78 is 6.33. The van der Waals surface area contributed by atoms with Crippen LogP contribution in [0.3, 0.4) is 0 Å². The molecule has 1 aliphatic heterocycles. The van der Waals surface area contributed by atoms with Crippen LogP contribution in [0.15, 0.2) is 22.7 Å². The highest BCUT2D eigenvalue weighted by atomic mass is 79.9. The number of hydrogen-bond donors (Lipinski definition) is 3. The van der Waals surface area contributed by atoms with Crippen molar-refractivity contribution >= 4 is 58.0 Å². The van der Waals surface area contributed by atoms with Gasteiger partial charge < -0.3 is 20.7 Å². The number of amides is 1. The molecule has 23 heavy (non-hydrogen) atoms. The molecule has 1 aromatic carbocycles. The van der Waals surface area contributed by atoms with E-state index in [-0.39, 0.29) is 36.8 Å². The number of halogens is 3. The van der Waals surface area contributed by atoms with E-state index in [4.69, 9.17) is 4.74 Å². The van der Waals surface area contributed by atoms with Crippen LogP contribution in [-0.4, -0.2) is 37.7 Å². The number of anilines is 2. The number of benzene rings is 1. The predicted octanol–water partition coefficient (Wildman–Crippen LogP) is 3.18. The van der Waals surface area contributed by atoms with Crippen LogP contribution in [0.5, 0.6) is 0 Å². The maximum atomic E-state index is 12.2. The first-order valence-corrected chi connectivity index (χ1v) is 8.17. The van der Waals surface area contributed by atoms with Gasteiger partial charge in [-0.1, -0.05) is 15.9 Å². The van der Waals surface area contributed by atoms with Crippen molar-refractivity contribution < 1.29 is 9.53 Å². The van der Waals surface area contributed by atoms with E-state index < -0.39 is 0 Å². The summed E-state index contributed by atoms with van der Waals surface area (Å²) in [6.45, 7) is 2.13. The molecular formula is C15H22BrCl2N3O2. The molecule has 1 aromatic rings. The second-order valence-electron chi connectivity index (χ2n) is 5.59. The van der Waals surface area contributed by atoms with Crippen molar-refractivity contribution in [3.8, 4) is 0 Å². The maximum absolute atomic E-state index is 12.2. The zero-order valence-corrected chi connectivity index (χ0v) is 15.9. The van der Waals surface area contributed by atoms with E-state index in [2.05, 4.69) is 31.9 Å². The molecule has 0 radical (unpaired) electrons. The number of hydrogen-bond acceptors (Lipinski definition) is 4. The Morgan fingerprint density at radius 1 is 1.30 bits per heavy atom. The summed E-state index contributed by atoms with van der Waals surface area (Å²) in [5.74, 6) is 0.00921. The van der Waals surface area contributed by atoms with Gasteiger partial charge in [0.05, 0.1) is 24.6 Å². The Morgan fingerprint density at radius 3 is 2.74 bits per heavy atom. The van der Waals surface area contributed by atoms with E-state index in [1.165, 1.54) is 12.8 Å². The number of morpholine rings is 1. The van der Waals surface area contributed by atoms with Gasteiger partial charge in [0.1, 0.15) is 0 Å². The van der Waals surface area contributed by atoms with Crippen LogP contribution in [0.2, 0.25) is 0 Å². The van der Waals surface area contributed by atoms with Crippen molar-refractivity contribution in [3.63, 3.8) is 0 Å². The molecule has 1 heterocycles. The first-order valence-electron chi connectivity index (χ1n) is 7.38. The third-order valence-corrected chi connectivity index (χ3v) is 4.12. The largest absolute Gasteiger partial charge is 0.381 e. The molecule has 5 nitrogen and oxygen atoms in total. The molecule has 1 aliphatic carbocycles. The van der Waals surface area contributed by atoms with Gasteiger partial charge in [-0.05, 0) is 31.0 Å². The lowest BCUT2D eigenvalue weighted by molar-refractivity contribution is -0.117. The van der Waals surface area contributed by atoms with Crippen molar-refractivity contribution in [1.29, 1.82) is 0 Å². The molecule has 130 valence electrons. The summed E-state index contributed by atoms with van der Waals surface area (Å²) in [6, 6.07) is 6.57. The van der Waals surface area contributed by atoms with Crippen LogP contribution in [0, 0.1) is 0 Å². The lowest BCUT2D eigenvalue weighted by Crippen LogP contribution is -2.43. The van der Waals surface area contributed by atoms with Crippen LogP contribution in [-0.2, 0) is 9.53 Å². The molecule has 2 fully saturated rings. The van der Waals surface area contributed by atoms with E-state index in [1.54, 1.807) is 0 Å². The molecule has 1 unspecified atom stereocenters. The number of nitrogens with one attached hydrogen (secondary N) is 3. The number of carbonyl (C=O) groups is 1. The van der Waals surface area contributed by atoms with Crippen molar-refractivity contribution in [3.05, 3.63) is 22.7 Å². The molecule has 3 rings (SSSR count). The van der Waals surface area contributed by atoms with Gasteiger partial charge in [0.25, 0.3) is 0 Å². The fraction of sp³-hybridized carbons (Fsp3) is 0.533. The molecule has 1 saturated heterocycles. The average molecular weight is 427 g/mol. The minimum absolute atomic E-state index is 0. The SMILES string of the molecule is Cl.Cl.O=C(CC1COCCN1)Nc1cc(Br)ccc1NC1CC1. The summed E-state index contributed by atoms with van der Waals surface area (Å²) in [6.07, 6.45) is 2.83. The van der Waals surface area contributed by atoms with Crippen LogP contribution in [0.4, 0.5) is 11.4 Å². The van der Waals surface area contributed by atoms with Gasteiger partial charge in [-0.25, -0.2) is 0 Å². The number of carbonyl (C=O) groups excluding carboxylic acids is 1. The lowest BCUT2D eigenvalue weighted by atomic mass is 10.2. The Balaban J connectivity index is 0.00000132. The first kappa shape index (κ1) is 20.5. The summed E-state index contributed by atoms with van der Waals surface area (Å²) in [7, 11) is 0. The molecule has 8 heteroatoms. The summed E-state index contributed by atoms with van der Waals surface area (Å²) in [5.41, 5.74) is 1.82. The summed E-state index contributed by atoms with van der Waals surface area (Å²) in [5, 5.41) is 9.74. The van der Waals surface area contributed by atoms with Crippen LogP contribution in [0.1, 0.15) is 19.3 Å². The molecule has 1 amide bonds. The van der Waals surface area contributed by atoms with E-state index in [1.807, 2.05) is 18.2 Å². The average Bonchev–Trinajstić information content (AvgIpc) is 3.27. The van der Waals surface area contributed by atoms with E-state index in [0.29, 0.717) is 19.1 Å². The Hall–Kier alpha value is -0.530. The van der Waals surface area contributed by atoms with Gasteiger partial charge in [0, 0.05) is 29.5 Å². The predicted molar refractivity (Wildman–Crippen MR) is 101 cm³/mol.